The summed E-state index contributed by atoms with van der Waals surface area (Å²) in [5.74, 6) is -4.16. The summed E-state index contributed by atoms with van der Waals surface area (Å²) in [7, 11) is 1.26. The highest BCUT2D eigenvalue weighted by Gasteiger charge is 2.40. The van der Waals surface area contributed by atoms with Crippen LogP contribution in [0.15, 0.2) is 18.2 Å². The summed E-state index contributed by atoms with van der Waals surface area (Å²) in [6, 6.07) is 5.94. The Bertz CT molecular complexity index is 2060. The van der Waals surface area contributed by atoms with Gasteiger partial charge in [-0.3, -0.25) is 19.4 Å². The van der Waals surface area contributed by atoms with E-state index in [9.17, 15) is 29.7 Å². The Hall–Kier alpha value is -4.81. The van der Waals surface area contributed by atoms with E-state index >= 15 is 0 Å². The minimum atomic E-state index is -1.19. The number of nitrogens with one attached hydrogen (secondary N) is 3. The molecule has 5 heterocycles. The largest absolute Gasteiger partial charge is 0.481 e. The van der Waals surface area contributed by atoms with E-state index in [2.05, 4.69) is 49.0 Å². The second-order valence-corrected chi connectivity index (χ2v) is 13.2. The van der Waals surface area contributed by atoms with Crippen LogP contribution < -0.4 is 5.32 Å². The van der Waals surface area contributed by atoms with E-state index in [1.165, 1.54) is 7.11 Å². The fraction of sp³-hybridized carbons (Fsp3) is 0.447. The topological polar surface area (TPSA) is 191 Å². The molecule has 1 amide bonds. The van der Waals surface area contributed by atoms with Gasteiger partial charge in [0.05, 0.1) is 54.8 Å². The Kier molecular flexibility index (Phi) is 10.6. The number of methoxy groups -OCH3 is 1. The third-order valence-electron chi connectivity index (χ3n) is 10.3. The van der Waals surface area contributed by atoms with E-state index in [1.54, 1.807) is 13.8 Å². The van der Waals surface area contributed by atoms with Crippen molar-refractivity contribution in [2.75, 3.05) is 20.3 Å². The van der Waals surface area contributed by atoms with Gasteiger partial charge >= 0.3 is 11.9 Å². The van der Waals surface area contributed by atoms with Gasteiger partial charge in [0.1, 0.15) is 0 Å². The summed E-state index contributed by atoms with van der Waals surface area (Å²) >= 11 is 0. The van der Waals surface area contributed by atoms with Gasteiger partial charge in [-0.2, -0.15) is 0 Å². The number of aryl methyl sites for hydroxylation is 4. The number of carboxylic acid groups (broad SMARTS) is 1. The maximum absolute atomic E-state index is 14.0. The average Bonchev–Trinajstić information content (AvgIpc) is 3.78. The molecule has 0 spiro atoms. The molecule has 50 heavy (non-hydrogen) atoms. The number of allylic oxidation sites excluding steroid dienone is 1. The summed E-state index contributed by atoms with van der Waals surface area (Å²) < 4.78 is 5.11. The molecule has 0 aliphatic carbocycles. The van der Waals surface area contributed by atoms with Crippen molar-refractivity contribution in [1.82, 2.24) is 25.3 Å². The zero-order valence-corrected chi connectivity index (χ0v) is 29.9. The number of rotatable bonds is 10. The van der Waals surface area contributed by atoms with Crippen LogP contribution in [0.5, 0.6) is 0 Å². The number of ether oxygens (including phenoxy) is 1. The first kappa shape index (κ1) is 36.5. The number of carbonyl (C=O) groups excluding carboxylic acids is 2. The van der Waals surface area contributed by atoms with Gasteiger partial charge in [-0.1, -0.05) is 27.7 Å². The van der Waals surface area contributed by atoms with Crippen molar-refractivity contribution in [2.45, 2.75) is 85.7 Å². The van der Waals surface area contributed by atoms with Gasteiger partial charge in [-0.05, 0) is 79.6 Å². The lowest BCUT2D eigenvalue weighted by Crippen LogP contribution is -2.34. The summed E-state index contributed by atoms with van der Waals surface area (Å²) in [4.78, 5) is 56.9. The lowest BCUT2D eigenvalue weighted by molar-refractivity contribution is -0.142. The van der Waals surface area contributed by atoms with E-state index in [0.29, 0.717) is 28.2 Å². The Morgan fingerprint density at radius 3 is 2.10 bits per heavy atom. The molecule has 12 heteroatoms. The molecule has 0 aromatic carbocycles. The fourth-order valence-corrected chi connectivity index (χ4v) is 7.30. The second-order valence-electron chi connectivity index (χ2n) is 13.2. The summed E-state index contributed by atoms with van der Waals surface area (Å²) in [6.07, 6.45) is 0.00831. The Labute approximate surface area is 291 Å². The molecule has 3 aromatic rings. The highest BCUT2D eigenvalue weighted by atomic mass is 16.5. The van der Waals surface area contributed by atoms with Gasteiger partial charge in [-0.15, -0.1) is 0 Å². The Morgan fingerprint density at radius 2 is 1.54 bits per heavy atom. The highest BCUT2D eigenvalue weighted by molar-refractivity contribution is 6.27. The first-order valence-electron chi connectivity index (χ1n) is 17.1. The van der Waals surface area contributed by atoms with Gasteiger partial charge in [0, 0.05) is 51.7 Å². The number of carbonyl (C=O) groups is 3. The minimum Gasteiger partial charge on any atom is -0.481 e. The molecule has 2 aliphatic rings. The van der Waals surface area contributed by atoms with Crippen molar-refractivity contribution in [2.24, 2.45) is 5.92 Å². The number of fused-ring (bicyclic) bond motifs is 8. The minimum absolute atomic E-state index is 0.157. The number of hydrogen-bond donors (Lipinski definition) is 6. The monoisotopic (exact) mass is 685 g/mol. The predicted octanol–water partition coefficient (Wildman–Crippen LogP) is 4.78. The maximum atomic E-state index is 14.0. The van der Waals surface area contributed by atoms with Crippen molar-refractivity contribution in [3.63, 3.8) is 0 Å². The van der Waals surface area contributed by atoms with Crippen molar-refractivity contribution in [3.8, 4) is 0 Å². The Morgan fingerprint density at radius 1 is 0.940 bits per heavy atom. The van der Waals surface area contributed by atoms with E-state index < -0.39 is 42.4 Å². The SMILES string of the molecule is CCc1c(C)c2cc3[nH]c(cc4nc(c(CC(=O)OC)c5nc(cc1[nH]2)C(C)=C5C(=O)NCC(O)CO)C(C(C)C(=O)O)C4C)c(C)c3CC. The molecule has 4 atom stereocenters. The molecule has 0 saturated carbocycles. The van der Waals surface area contributed by atoms with Crippen LogP contribution in [0.3, 0.4) is 0 Å². The van der Waals surface area contributed by atoms with Gasteiger partial charge in [0.15, 0.2) is 0 Å². The van der Waals surface area contributed by atoms with Crippen molar-refractivity contribution in [1.29, 1.82) is 0 Å². The van der Waals surface area contributed by atoms with E-state index in [-0.39, 0.29) is 30.2 Å². The second kappa shape index (κ2) is 14.6. The number of esters is 1. The molecule has 266 valence electrons. The standard InChI is InChI=1S/C38H47N5O7/c1-9-23-17(3)26-12-28-19(5)33(21(7)38(48)49)35(42-28)25(11-32(46)50-8)36-34(37(47)39-15-22(45)16-44)20(6)29(43-36)14-31-24(10-2)18(4)27(41-31)13-30(23)40-26/h12-14,19,21-22,33,40-41,44-45H,9-11,15-16H2,1-8H3,(H,39,47)(H,48,49). The zero-order valence-electron chi connectivity index (χ0n) is 29.9. The first-order valence-corrected chi connectivity index (χ1v) is 17.1. The molecule has 0 saturated heterocycles. The molecule has 3 aromatic heterocycles. The number of aromatic amines is 2. The molecule has 8 bridgehead atoms. The van der Waals surface area contributed by atoms with Crippen molar-refractivity contribution >= 4 is 51.1 Å². The zero-order chi connectivity index (χ0) is 36.6. The molecule has 5 rings (SSSR count). The number of H-pyrrole nitrogens is 2. The van der Waals surface area contributed by atoms with Crippen LogP contribution in [0.2, 0.25) is 0 Å². The number of nitrogens with zero attached hydrogens (tertiary/aromatic N) is 2. The number of aliphatic carboxylic acids is 1. The van der Waals surface area contributed by atoms with Gasteiger partial charge in [-0.25, -0.2) is 4.98 Å². The molecular weight excluding hydrogens is 638 g/mol. The molecular formula is C38H47N5O7. The number of carboxylic acids is 1. The number of hydrogen-bond acceptors (Lipinski definition) is 8. The van der Waals surface area contributed by atoms with Crippen LogP contribution in [0.4, 0.5) is 0 Å². The van der Waals surface area contributed by atoms with E-state index in [1.807, 2.05) is 19.1 Å². The van der Waals surface area contributed by atoms with Crippen LogP contribution in [0.1, 0.15) is 97.0 Å². The summed E-state index contributed by atoms with van der Waals surface area (Å²) in [6.45, 7) is 12.8. The molecule has 12 nitrogen and oxygen atoms in total. The maximum Gasteiger partial charge on any atom is 0.310 e. The normalized spacial score (nSPS) is 17.1. The molecule has 6 N–H and O–H groups in total. The summed E-state index contributed by atoms with van der Waals surface area (Å²) in [5.41, 5.74) is 10.5. The summed E-state index contributed by atoms with van der Waals surface area (Å²) in [5, 5.41) is 32.4. The third-order valence-corrected chi connectivity index (χ3v) is 10.3. The smallest absolute Gasteiger partial charge is 0.310 e. The van der Waals surface area contributed by atoms with Gasteiger partial charge < -0.3 is 35.3 Å². The number of amides is 1. The predicted molar refractivity (Wildman–Crippen MR) is 191 cm³/mol. The average molecular weight is 686 g/mol. The van der Waals surface area contributed by atoms with Crippen LogP contribution in [0, 0.1) is 19.8 Å². The lowest BCUT2D eigenvalue weighted by Gasteiger charge is -2.22. The van der Waals surface area contributed by atoms with E-state index in [4.69, 9.17) is 14.7 Å². The molecule has 0 radical (unpaired) electrons. The van der Waals surface area contributed by atoms with Crippen LogP contribution in [0.25, 0.3) is 33.2 Å². The molecule has 2 aliphatic heterocycles. The van der Waals surface area contributed by atoms with Gasteiger partial charge in [0.2, 0.25) is 0 Å². The molecule has 4 unspecified atom stereocenters. The van der Waals surface area contributed by atoms with Crippen LogP contribution in [-0.4, -0.2) is 79.5 Å². The van der Waals surface area contributed by atoms with Crippen LogP contribution in [-0.2, 0) is 38.4 Å². The van der Waals surface area contributed by atoms with Crippen molar-refractivity contribution < 1.29 is 34.4 Å². The quantitative estimate of drug-likeness (QED) is 0.163. The van der Waals surface area contributed by atoms with Crippen molar-refractivity contribution in [3.05, 3.63) is 68.8 Å². The molecule has 0 fully saturated rings. The third kappa shape index (κ3) is 6.57. The lowest BCUT2D eigenvalue weighted by atomic mass is 9.79. The van der Waals surface area contributed by atoms with E-state index in [0.717, 1.165) is 57.2 Å². The number of aliphatic hydroxyl groups excluding tert-OH is 2. The van der Waals surface area contributed by atoms with Gasteiger partial charge in [0.25, 0.3) is 5.91 Å². The number of aromatic nitrogens is 4. The highest BCUT2D eigenvalue weighted by Crippen LogP contribution is 2.45. The fourth-order valence-electron chi connectivity index (χ4n) is 7.30. The Balaban J connectivity index is 2.02. The number of aliphatic hydroxyl groups is 2. The van der Waals surface area contributed by atoms with Crippen LogP contribution >= 0.6 is 0 Å². The first-order chi connectivity index (χ1) is 23.8.